The summed E-state index contributed by atoms with van der Waals surface area (Å²) >= 11 is 0. The van der Waals surface area contributed by atoms with Crippen LogP contribution in [-0.4, -0.2) is 56.8 Å². The highest BCUT2D eigenvalue weighted by molar-refractivity contribution is 5.65. The molecule has 0 radical (unpaired) electrons. The van der Waals surface area contributed by atoms with E-state index in [1.807, 2.05) is 0 Å². The first-order valence-corrected chi connectivity index (χ1v) is 7.71. The van der Waals surface area contributed by atoms with Crippen LogP contribution >= 0.6 is 0 Å². The zero-order valence-corrected chi connectivity index (χ0v) is 14.8. The van der Waals surface area contributed by atoms with Crippen LogP contribution < -0.4 is 24.8 Å². The summed E-state index contributed by atoms with van der Waals surface area (Å²) in [5.41, 5.74) is 0.688. The summed E-state index contributed by atoms with van der Waals surface area (Å²) in [4.78, 5) is 4.37. The Kier molecular flexibility index (Phi) is 7.02. The molecule has 0 unspecified atom stereocenters. The van der Waals surface area contributed by atoms with Gasteiger partial charge in [-0.15, -0.1) is 5.10 Å². The molecule has 136 valence electrons. The van der Waals surface area contributed by atoms with Gasteiger partial charge < -0.3 is 29.6 Å². The fourth-order valence-electron chi connectivity index (χ4n) is 2.16. The predicted molar refractivity (Wildman–Crippen MR) is 94.2 cm³/mol. The van der Waals surface area contributed by atoms with Crippen molar-refractivity contribution in [2.45, 2.75) is 6.42 Å². The highest BCUT2D eigenvalue weighted by Gasteiger charge is 2.14. The number of ether oxygens (including phenoxy) is 4. The summed E-state index contributed by atoms with van der Waals surface area (Å²) in [5.74, 6) is 2.56. The first-order chi connectivity index (χ1) is 12.2. The molecule has 0 saturated heterocycles. The number of nitrogens with one attached hydrogen (secondary N) is 2. The molecule has 0 saturated carbocycles. The Hall–Kier alpha value is -2.81. The second-order valence-electron chi connectivity index (χ2n) is 4.98. The minimum absolute atomic E-state index is 0.353. The van der Waals surface area contributed by atoms with Crippen molar-refractivity contribution in [1.29, 1.82) is 0 Å². The van der Waals surface area contributed by atoms with E-state index in [-0.39, 0.29) is 0 Å². The Bertz CT molecular complexity index is 658. The maximum Gasteiger partial charge on any atom is 0.249 e. The first kappa shape index (κ1) is 18.5. The number of hydrogen-bond acceptors (Lipinski definition) is 9. The molecule has 9 nitrogen and oxygen atoms in total. The van der Waals surface area contributed by atoms with Gasteiger partial charge in [-0.1, -0.05) is 0 Å². The lowest BCUT2D eigenvalue weighted by molar-refractivity contribution is 0.197. The molecule has 0 aliphatic carbocycles. The molecule has 0 atom stereocenters. The summed E-state index contributed by atoms with van der Waals surface area (Å²) in [6.07, 6.45) is 2.43. The lowest BCUT2D eigenvalue weighted by Gasteiger charge is -2.14. The van der Waals surface area contributed by atoms with Gasteiger partial charge in [-0.2, -0.15) is 10.1 Å². The molecule has 2 N–H and O–H groups in total. The minimum atomic E-state index is 0.353. The van der Waals surface area contributed by atoms with Crippen LogP contribution in [0.5, 0.6) is 17.2 Å². The standard InChI is InChI=1S/C16H23N5O4/c1-22-7-5-6-17-14-10-18-21-16(20-14)19-11-8-12(23-2)15(25-4)13(9-11)24-3/h8-10H,5-7H2,1-4H3,(H2,17,19,20,21). The van der Waals surface area contributed by atoms with Gasteiger partial charge in [-0.25, -0.2) is 0 Å². The molecule has 0 spiro atoms. The summed E-state index contributed by atoms with van der Waals surface area (Å²) < 4.78 is 21.0. The van der Waals surface area contributed by atoms with Crippen molar-refractivity contribution < 1.29 is 18.9 Å². The van der Waals surface area contributed by atoms with Gasteiger partial charge in [0, 0.05) is 38.1 Å². The van der Waals surface area contributed by atoms with Gasteiger partial charge in [-0.3, -0.25) is 0 Å². The predicted octanol–water partition coefficient (Wildman–Crippen LogP) is 2.09. The van der Waals surface area contributed by atoms with Crippen molar-refractivity contribution in [3.8, 4) is 17.2 Å². The Morgan fingerprint density at radius 1 is 1.00 bits per heavy atom. The molecule has 0 amide bonds. The maximum absolute atomic E-state index is 5.33. The second kappa shape index (κ2) is 9.48. The normalized spacial score (nSPS) is 10.2. The number of aromatic nitrogens is 3. The molecular formula is C16H23N5O4. The maximum atomic E-state index is 5.33. The van der Waals surface area contributed by atoms with E-state index >= 15 is 0 Å². The van der Waals surface area contributed by atoms with E-state index in [4.69, 9.17) is 18.9 Å². The van der Waals surface area contributed by atoms with E-state index in [1.165, 1.54) is 0 Å². The Morgan fingerprint density at radius 3 is 2.32 bits per heavy atom. The van der Waals surface area contributed by atoms with Crippen LogP contribution in [0.2, 0.25) is 0 Å². The van der Waals surface area contributed by atoms with E-state index in [9.17, 15) is 0 Å². The average Bonchev–Trinajstić information content (AvgIpc) is 2.64. The molecule has 1 heterocycles. The molecule has 2 aromatic rings. The number of hydrogen-bond donors (Lipinski definition) is 2. The SMILES string of the molecule is COCCCNc1cnnc(Nc2cc(OC)c(OC)c(OC)c2)n1. The molecule has 9 heteroatoms. The third kappa shape index (κ3) is 5.08. The van der Waals surface area contributed by atoms with Gasteiger partial charge in [0.25, 0.3) is 0 Å². The molecular weight excluding hydrogens is 326 g/mol. The number of rotatable bonds is 10. The molecule has 0 bridgehead atoms. The van der Waals surface area contributed by atoms with Gasteiger partial charge in [0.1, 0.15) is 0 Å². The Balaban J connectivity index is 2.13. The van der Waals surface area contributed by atoms with E-state index in [0.717, 1.165) is 13.0 Å². The lowest BCUT2D eigenvalue weighted by atomic mass is 10.2. The Morgan fingerprint density at radius 2 is 1.72 bits per heavy atom. The van der Waals surface area contributed by atoms with E-state index in [1.54, 1.807) is 46.8 Å². The number of benzene rings is 1. The summed E-state index contributed by atoms with van der Waals surface area (Å²) in [6, 6.07) is 3.53. The van der Waals surface area contributed by atoms with Crippen LogP contribution in [0.3, 0.4) is 0 Å². The van der Waals surface area contributed by atoms with Crippen molar-refractivity contribution in [3.63, 3.8) is 0 Å². The van der Waals surface area contributed by atoms with Gasteiger partial charge in [-0.05, 0) is 6.42 Å². The Labute approximate surface area is 146 Å². The van der Waals surface area contributed by atoms with Crippen LogP contribution in [0.1, 0.15) is 6.42 Å². The van der Waals surface area contributed by atoms with Gasteiger partial charge in [0.2, 0.25) is 11.7 Å². The van der Waals surface area contributed by atoms with Crippen molar-refractivity contribution in [3.05, 3.63) is 18.3 Å². The topological polar surface area (TPSA) is 99.7 Å². The quantitative estimate of drug-likeness (QED) is 0.624. The molecule has 25 heavy (non-hydrogen) atoms. The van der Waals surface area contributed by atoms with Gasteiger partial charge in [0.15, 0.2) is 17.3 Å². The fourth-order valence-corrected chi connectivity index (χ4v) is 2.16. The van der Waals surface area contributed by atoms with Gasteiger partial charge in [0.05, 0.1) is 27.5 Å². The monoisotopic (exact) mass is 349 g/mol. The van der Waals surface area contributed by atoms with Crippen molar-refractivity contribution in [2.75, 3.05) is 52.2 Å². The van der Waals surface area contributed by atoms with E-state index in [2.05, 4.69) is 25.8 Å². The third-order valence-electron chi connectivity index (χ3n) is 3.31. The van der Waals surface area contributed by atoms with Crippen LogP contribution in [-0.2, 0) is 4.74 Å². The highest BCUT2D eigenvalue weighted by atomic mass is 16.5. The number of methoxy groups -OCH3 is 4. The largest absolute Gasteiger partial charge is 0.493 e. The molecule has 1 aromatic carbocycles. The third-order valence-corrected chi connectivity index (χ3v) is 3.31. The number of anilines is 3. The average molecular weight is 349 g/mol. The number of nitrogens with zero attached hydrogens (tertiary/aromatic N) is 3. The van der Waals surface area contributed by atoms with Crippen LogP contribution in [0.4, 0.5) is 17.5 Å². The van der Waals surface area contributed by atoms with Crippen LogP contribution in [0.15, 0.2) is 18.3 Å². The zero-order valence-electron chi connectivity index (χ0n) is 14.8. The molecule has 0 aliphatic rings. The van der Waals surface area contributed by atoms with Crippen molar-refractivity contribution >= 4 is 17.5 Å². The van der Waals surface area contributed by atoms with E-state index < -0.39 is 0 Å². The minimum Gasteiger partial charge on any atom is -0.493 e. The highest BCUT2D eigenvalue weighted by Crippen LogP contribution is 2.40. The molecule has 2 rings (SSSR count). The van der Waals surface area contributed by atoms with Crippen molar-refractivity contribution in [2.24, 2.45) is 0 Å². The van der Waals surface area contributed by atoms with Gasteiger partial charge >= 0.3 is 0 Å². The molecule has 0 fully saturated rings. The van der Waals surface area contributed by atoms with Crippen LogP contribution in [0.25, 0.3) is 0 Å². The van der Waals surface area contributed by atoms with Crippen LogP contribution in [0, 0.1) is 0 Å². The smallest absolute Gasteiger partial charge is 0.249 e. The molecule has 1 aromatic heterocycles. The van der Waals surface area contributed by atoms with E-state index in [0.29, 0.717) is 41.3 Å². The summed E-state index contributed by atoms with van der Waals surface area (Å²) in [7, 11) is 6.35. The lowest BCUT2D eigenvalue weighted by Crippen LogP contribution is -2.08. The zero-order chi connectivity index (χ0) is 18.1. The molecule has 0 aliphatic heterocycles. The second-order valence-corrected chi connectivity index (χ2v) is 4.98. The summed E-state index contributed by atoms with van der Waals surface area (Å²) in [5, 5.41) is 14.2. The fraction of sp³-hybridized carbons (Fsp3) is 0.438. The summed E-state index contributed by atoms with van der Waals surface area (Å²) in [6.45, 7) is 1.41. The first-order valence-electron chi connectivity index (χ1n) is 7.71. The van der Waals surface area contributed by atoms with Crippen molar-refractivity contribution in [1.82, 2.24) is 15.2 Å².